The Hall–Kier alpha value is -1.66. The van der Waals surface area contributed by atoms with Crippen LogP contribution < -0.4 is 5.32 Å². The largest absolute Gasteiger partial charge is 0.448 e. The monoisotopic (exact) mass is 353 g/mol. The van der Waals surface area contributed by atoms with Gasteiger partial charge in [0, 0.05) is 4.47 Å². The fourth-order valence-electron chi connectivity index (χ4n) is 1.46. The second kappa shape index (κ2) is 6.67. The van der Waals surface area contributed by atoms with Crippen molar-refractivity contribution in [2.45, 2.75) is 13.0 Å². The van der Waals surface area contributed by atoms with E-state index in [1.54, 1.807) is 23.6 Å². The molecule has 0 saturated heterocycles. The number of para-hydroxylation sites is 1. The molecule has 0 aliphatic carbocycles. The molecule has 6 heteroatoms. The van der Waals surface area contributed by atoms with E-state index in [4.69, 9.17) is 4.74 Å². The van der Waals surface area contributed by atoms with Crippen LogP contribution in [-0.4, -0.2) is 18.0 Å². The molecule has 0 fully saturated rings. The summed E-state index contributed by atoms with van der Waals surface area (Å²) in [6, 6.07) is 10.6. The zero-order valence-electron chi connectivity index (χ0n) is 10.6. The van der Waals surface area contributed by atoms with Gasteiger partial charge in [0.2, 0.25) is 0 Å². The van der Waals surface area contributed by atoms with Gasteiger partial charge in [0.1, 0.15) is 4.88 Å². The Labute approximate surface area is 128 Å². The van der Waals surface area contributed by atoms with E-state index in [1.165, 1.54) is 18.3 Å². The molecule has 0 saturated carbocycles. The van der Waals surface area contributed by atoms with Gasteiger partial charge in [-0.1, -0.05) is 18.2 Å². The van der Waals surface area contributed by atoms with E-state index in [9.17, 15) is 9.59 Å². The molecule has 0 spiro atoms. The molecule has 2 rings (SSSR count). The van der Waals surface area contributed by atoms with Crippen LogP contribution in [0.2, 0.25) is 0 Å². The first-order valence-corrected chi connectivity index (χ1v) is 7.55. The average Bonchev–Trinajstić information content (AvgIpc) is 2.95. The Balaban J connectivity index is 1.96. The highest BCUT2D eigenvalue weighted by Crippen LogP contribution is 2.21. The molecule has 1 N–H and O–H groups in total. The minimum atomic E-state index is -0.864. The molecule has 0 aliphatic heterocycles. The first kappa shape index (κ1) is 14.7. The Morgan fingerprint density at radius 2 is 2.00 bits per heavy atom. The smallest absolute Gasteiger partial charge is 0.349 e. The van der Waals surface area contributed by atoms with Crippen molar-refractivity contribution in [1.82, 2.24) is 0 Å². The number of hydrogen-bond donors (Lipinski definition) is 1. The SMILES string of the molecule is C[C@H](OC(=O)c1cccs1)C(=O)Nc1ccccc1Br. The number of ether oxygens (including phenoxy) is 1. The van der Waals surface area contributed by atoms with Crippen molar-refractivity contribution in [3.8, 4) is 0 Å². The van der Waals surface area contributed by atoms with Crippen molar-refractivity contribution in [2.75, 3.05) is 5.32 Å². The summed E-state index contributed by atoms with van der Waals surface area (Å²) in [4.78, 5) is 24.2. The van der Waals surface area contributed by atoms with Crippen molar-refractivity contribution in [3.05, 3.63) is 51.1 Å². The number of hydrogen-bond acceptors (Lipinski definition) is 4. The lowest BCUT2D eigenvalue weighted by atomic mass is 10.3. The summed E-state index contributed by atoms with van der Waals surface area (Å²) in [6.45, 7) is 1.54. The summed E-state index contributed by atoms with van der Waals surface area (Å²) in [6.07, 6.45) is -0.864. The first-order valence-electron chi connectivity index (χ1n) is 5.88. The van der Waals surface area contributed by atoms with Crippen molar-refractivity contribution in [3.63, 3.8) is 0 Å². The Kier molecular flexibility index (Phi) is 4.92. The van der Waals surface area contributed by atoms with E-state index in [0.717, 1.165) is 4.47 Å². The molecule has 1 amide bonds. The zero-order valence-corrected chi connectivity index (χ0v) is 13.0. The second-order valence-electron chi connectivity index (χ2n) is 3.99. The Bertz CT molecular complexity index is 613. The van der Waals surface area contributed by atoms with Gasteiger partial charge in [-0.2, -0.15) is 0 Å². The summed E-state index contributed by atoms with van der Waals surface area (Å²) in [5.41, 5.74) is 0.636. The van der Waals surface area contributed by atoms with E-state index in [1.807, 2.05) is 18.2 Å². The number of esters is 1. The molecule has 4 nitrogen and oxygen atoms in total. The van der Waals surface area contributed by atoms with E-state index in [-0.39, 0.29) is 5.91 Å². The molecule has 1 aromatic carbocycles. The van der Waals surface area contributed by atoms with Gasteiger partial charge in [0.05, 0.1) is 5.69 Å². The summed E-state index contributed by atoms with van der Waals surface area (Å²) in [5.74, 6) is -0.864. The van der Waals surface area contributed by atoms with Crippen LogP contribution in [0.3, 0.4) is 0 Å². The molecule has 0 radical (unpaired) electrons. The van der Waals surface area contributed by atoms with Crippen LogP contribution in [0.15, 0.2) is 46.3 Å². The number of carbonyl (C=O) groups is 2. The maximum absolute atomic E-state index is 12.0. The van der Waals surface area contributed by atoms with E-state index < -0.39 is 12.1 Å². The van der Waals surface area contributed by atoms with Crippen LogP contribution >= 0.6 is 27.3 Å². The molecule has 1 aromatic heterocycles. The molecule has 1 heterocycles. The highest BCUT2D eigenvalue weighted by molar-refractivity contribution is 9.10. The predicted octanol–water partition coefficient (Wildman–Crippen LogP) is 3.69. The fourth-order valence-corrected chi connectivity index (χ4v) is 2.45. The molecule has 104 valence electrons. The topological polar surface area (TPSA) is 55.4 Å². The lowest BCUT2D eigenvalue weighted by Gasteiger charge is -2.13. The van der Waals surface area contributed by atoms with Gasteiger partial charge >= 0.3 is 5.97 Å². The van der Waals surface area contributed by atoms with Gasteiger partial charge in [-0.25, -0.2) is 4.79 Å². The van der Waals surface area contributed by atoms with Gasteiger partial charge < -0.3 is 10.1 Å². The van der Waals surface area contributed by atoms with E-state index >= 15 is 0 Å². The first-order chi connectivity index (χ1) is 9.58. The van der Waals surface area contributed by atoms with Crippen LogP contribution in [0.5, 0.6) is 0 Å². The minimum Gasteiger partial charge on any atom is -0.448 e. The van der Waals surface area contributed by atoms with Crippen LogP contribution in [0, 0.1) is 0 Å². The number of rotatable bonds is 4. The van der Waals surface area contributed by atoms with Gasteiger partial charge in [-0.15, -0.1) is 11.3 Å². The molecule has 0 aliphatic rings. The maximum atomic E-state index is 12.0. The third-order valence-electron chi connectivity index (χ3n) is 2.51. The highest BCUT2D eigenvalue weighted by atomic mass is 79.9. The number of benzene rings is 1. The number of carbonyl (C=O) groups excluding carboxylic acids is 2. The number of halogens is 1. The summed E-state index contributed by atoms with van der Waals surface area (Å²) >= 11 is 4.61. The molecule has 0 bridgehead atoms. The van der Waals surface area contributed by atoms with Gasteiger partial charge in [0.15, 0.2) is 6.10 Å². The van der Waals surface area contributed by atoms with Gasteiger partial charge in [-0.05, 0) is 46.4 Å². The third-order valence-corrected chi connectivity index (χ3v) is 4.05. The van der Waals surface area contributed by atoms with E-state index in [2.05, 4.69) is 21.2 Å². The highest BCUT2D eigenvalue weighted by Gasteiger charge is 2.20. The van der Waals surface area contributed by atoms with Crippen LogP contribution in [-0.2, 0) is 9.53 Å². The number of nitrogens with one attached hydrogen (secondary N) is 1. The van der Waals surface area contributed by atoms with Crippen molar-refractivity contribution in [1.29, 1.82) is 0 Å². The number of amides is 1. The molecule has 0 unspecified atom stereocenters. The Morgan fingerprint density at radius 3 is 2.65 bits per heavy atom. The molecular formula is C14H12BrNO3S. The average molecular weight is 354 g/mol. The quantitative estimate of drug-likeness (QED) is 0.852. The van der Waals surface area contributed by atoms with E-state index in [0.29, 0.717) is 10.6 Å². The standard InChI is InChI=1S/C14H12BrNO3S/c1-9(19-14(18)12-7-4-8-20-12)13(17)16-11-6-3-2-5-10(11)15/h2-9H,1H3,(H,16,17)/t9-/m0/s1. The van der Waals surface area contributed by atoms with Gasteiger partial charge in [0.25, 0.3) is 5.91 Å². The number of thiophene rings is 1. The van der Waals surface area contributed by atoms with Crippen LogP contribution in [0.1, 0.15) is 16.6 Å². The number of anilines is 1. The van der Waals surface area contributed by atoms with Crippen molar-refractivity contribution in [2.24, 2.45) is 0 Å². The summed E-state index contributed by atoms with van der Waals surface area (Å²) < 4.78 is 5.88. The molecule has 20 heavy (non-hydrogen) atoms. The predicted molar refractivity (Wildman–Crippen MR) is 82.0 cm³/mol. The lowest BCUT2D eigenvalue weighted by Crippen LogP contribution is -2.29. The third kappa shape index (κ3) is 3.68. The normalized spacial score (nSPS) is 11.7. The second-order valence-corrected chi connectivity index (χ2v) is 5.80. The van der Waals surface area contributed by atoms with Crippen LogP contribution in [0.25, 0.3) is 0 Å². The summed E-state index contributed by atoms with van der Waals surface area (Å²) in [5, 5.41) is 4.48. The van der Waals surface area contributed by atoms with Crippen LogP contribution in [0.4, 0.5) is 5.69 Å². The Morgan fingerprint density at radius 1 is 1.25 bits per heavy atom. The lowest BCUT2D eigenvalue weighted by molar-refractivity contribution is -0.123. The van der Waals surface area contributed by atoms with Gasteiger partial charge in [-0.3, -0.25) is 4.79 Å². The molecule has 1 atom stereocenters. The summed E-state index contributed by atoms with van der Waals surface area (Å²) in [7, 11) is 0. The van der Waals surface area contributed by atoms with Crippen molar-refractivity contribution >= 4 is 44.8 Å². The minimum absolute atomic E-state index is 0.373. The molecule has 2 aromatic rings. The molecular weight excluding hydrogens is 342 g/mol. The maximum Gasteiger partial charge on any atom is 0.349 e. The zero-order chi connectivity index (χ0) is 14.5. The van der Waals surface area contributed by atoms with Crippen molar-refractivity contribution < 1.29 is 14.3 Å². The fraction of sp³-hybridized carbons (Fsp3) is 0.143.